The van der Waals surface area contributed by atoms with Crippen LogP contribution in [0.1, 0.15) is 68.9 Å². The normalized spacial score (nSPS) is 15.8. The summed E-state index contributed by atoms with van der Waals surface area (Å²) in [7, 11) is 0. The summed E-state index contributed by atoms with van der Waals surface area (Å²) in [6.45, 7) is 9.07. The van der Waals surface area contributed by atoms with Crippen LogP contribution >= 0.6 is 0 Å². The smallest absolute Gasteiger partial charge is 0.275 e. The summed E-state index contributed by atoms with van der Waals surface area (Å²) in [5.41, 5.74) is 0.650. The van der Waals surface area contributed by atoms with Gasteiger partial charge in [0.25, 0.3) is 11.3 Å². The highest BCUT2D eigenvalue weighted by Crippen LogP contribution is 2.40. The average Bonchev–Trinajstić information content (AvgIpc) is 3.40. The lowest BCUT2D eigenvalue weighted by atomic mass is 9.90. The van der Waals surface area contributed by atoms with Crippen LogP contribution in [-0.2, 0) is 12.1 Å². The summed E-state index contributed by atoms with van der Waals surface area (Å²) < 4.78 is 3.77. The maximum Gasteiger partial charge on any atom is 0.275 e. The zero-order chi connectivity index (χ0) is 23.8. The molecule has 0 spiro atoms. The number of carbonyl (C=O) groups excluding carboxylic acids is 1. The Morgan fingerprint density at radius 2 is 2.00 bits per heavy atom. The fourth-order valence-corrected chi connectivity index (χ4v) is 4.67. The van der Waals surface area contributed by atoms with Crippen LogP contribution in [0.15, 0.2) is 35.5 Å². The summed E-state index contributed by atoms with van der Waals surface area (Å²) in [5, 5.41) is 18.6. The van der Waals surface area contributed by atoms with E-state index in [1.807, 2.05) is 26.8 Å². The van der Waals surface area contributed by atoms with E-state index in [1.54, 1.807) is 10.9 Å². The second-order valence-corrected chi connectivity index (χ2v) is 10.1. The number of aromatic hydroxyl groups is 1. The van der Waals surface area contributed by atoms with Gasteiger partial charge in [0, 0.05) is 24.3 Å². The Bertz CT molecular complexity index is 1230. The van der Waals surface area contributed by atoms with Gasteiger partial charge in [-0.1, -0.05) is 33.6 Å². The van der Waals surface area contributed by atoms with E-state index in [4.69, 9.17) is 0 Å². The van der Waals surface area contributed by atoms with Gasteiger partial charge < -0.3 is 15.0 Å². The monoisotopic (exact) mass is 451 g/mol. The first-order chi connectivity index (χ1) is 15.7. The van der Waals surface area contributed by atoms with Crippen molar-refractivity contribution in [2.45, 2.75) is 71.9 Å². The fourth-order valence-electron chi connectivity index (χ4n) is 4.67. The summed E-state index contributed by atoms with van der Waals surface area (Å²) in [5.74, 6) is -1.03. The van der Waals surface area contributed by atoms with Gasteiger partial charge in [-0.2, -0.15) is 5.10 Å². The molecular formula is C25H33N5O3. The van der Waals surface area contributed by atoms with Crippen LogP contribution in [0.4, 0.5) is 0 Å². The van der Waals surface area contributed by atoms with Gasteiger partial charge >= 0.3 is 0 Å². The molecule has 8 nitrogen and oxygen atoms in total. The van der Waals surface area contributed by atoms with Crippen molar-refractivity contribution in [1.29, 1.82) is 0 Å². The van der Waals surface area contributed by atoms with E-state index in [0.29, 0.717) is 13.1 Å². The molecule has 3 heterocycles. The number of carbonyl (C=O) groups is 1. The Morgan fingerprint density at radius 1 is 1.27 bits per heavy atom. The highest BCUT2D eigenvalue weighted by Gasteiger charge is 2.38. The number of rotatable bonds is 7. The van der Waals surface area contributed by atoms with Gasteiger partial charge in [0.1, 0.15) is 5.65 Å². The van der Waals surface area contributed by atoms with E-state index >= 15 is 0 Å². The maximum absolute atomic E-state index is 12.8. The summed E-state index contributed by atoms with van der Waals surface area (Å²) in [4.78, 5) is 29.9. The summed E-state index contributed by atoms with van der Waals surface area (Å²) in [6, 6.07) is 4.01. The molecule has 0 unspecified atom stereocenters. The molecule has 3 aromatic heterocycles. The summed E-state index contributed by atoms with van der Waals surface area (Å²) >= 11 is 0. The van der Waals surface area contributed by atoms with Gasteiger partial charge in [0.2, 0.25) is 0 Å². The van der Waals surface area contributed by atoms with Crippen LogP contribution < -0.4 is 10.7 Å². The predicted molar refractivity (Wildman–Crippen MR) is 127 cm³/mol. The number of hydrogen-bond donors (Lipinski definition) is 2. The van der Waals surface area contributed by atoms with Crippen molar-refractivity contribution in [1.82, 2.24) is 24.6 Å². The Balaban J connectivity index is 1.70. The number of amides is 1. The number of hydrogen-bond acceptors (Lipinski definition) is 5. The van der Waals surface area contributed by atoms with Crippen LogP contribution in [0.2, 0.25) is 0 Å². The maximum atomic E-state index is 12.8. The molecule has 33 heavy (non-hydrogen) atoms. The van der Waals surface area contributed by atoms with E-state index in [2.05, 4.69) is 39.2 Å². The number of aryl methyl sites for hydroxylation is 1. The SMILES string of the molecule is CCC(C)(C)CNC(=O)c1nn(CC2(n3cc(C)c4cccnc43)CCCC2)cc(O)c1=O. The minimum atomic E-state index is -0.748. The van der Waals surface area contributed by atoms with E-state index in [-0.39, 0.29) is 16.6 Å². The number of aromatic nitrogens is 4. The highest BCUT2D eigenvalue weighted by atomic mass is 16.3. The lowest BCUT2D eigenvalue weighted by Gasteiger charge is -2.32. The number of fused-ring (bicyclic) bond motifs is 1. The van der Waals surface area contributed by atoms with E-state index in [1.165, 1.54) is 6.20 Å². The molecule has 2 N–H and O–H groups in total. The molecular weight excluding hydrogens is 418 g/mol. The molecule has 1 fully saturated rings. The standard InChI is InChI=1S/C25H33N5O3/c1-5-24(3,4)15-27-23(33)20-21(32)19(31)14-29(28-20)16-25(10-6-7-11-25)30-13-17(2)18-9-8-12-26-22(18)30/h8-9,12-14,31H,5-7,10-11,15-16H2,1-4H3,(H,27,33). The lowest BCUT2D eigenvalue weighted by Crippen LogP contribution is -2.39. The molecule has 1 aliphatic rings. The second-order valence-electron chi connectivity index (χ2n) is 10.1. The van der Waals surface area contributed by atoms with Gasteiger partial charge in [-0.25, -0.2) is 4.98 Å². The number of nitrogens with zero attached hydrogens (tertiary/aromatic N) is 4. The van der Waals surface area contributed by atoms with Crippen molar-refractivity contribution in [3.05, 3.63) is 52.2 Å². The third-order valence-corrected chi connectivity index (χ3v) is 7.11. The van der Waals surface area contributed by atoms with Crippen molar-refractivity contribution in [2.24, 2.45) is 5.41 Å². The van der Waals surface area contributed by atoms with Crippen LogP contribution in [0.5, 0.6) is 5.75 Å². The van der Waals surface area contributed by atoms with Gasteiger partial charge in [-0.05, 0) is 49.3 Å². The Labute approximate surface area is 193 Å². The first-order valence-electron chi connectivity index (χ1n) is 11.7. The van der Waals surface area contributed by atoms with E-state index in [9.17, 15) is 14.7 Å². The molecule has 1 amide bonds. The average molecular weight is 452 g/mol. The summed E-state index contributed by atoms with van der Waals surface area (Å²) in [6.07, 6.45) is 10.1. The Morgan fingerprint density at radius 3 is 2.70 bits per heavy atom. The molecule has 0 radical (unpaired) electrons. The quantitative estimate of drug-likeness (QED) is 0.570. The predicted octanol–water partition coefficient (Wildman–Crippen LogP) is 3.74. The largest absolute Gasteiger partial charge is 0.503 e. The fraction of sp³-hybridized carbons (Fsp3) is 0.520. The van der Waals surface area contributed by atoms with Crippen LogP contribution in [0.3, 0.4) is 0 Å². The molecule has 4 rings (SSSR count). The molecule has 8 heteroatoms. The Kier molecular flexibility index (Phi) is 6.03. The van der Waals surface area contributed by atoms with Crippen molar-refractivity contribution in [3.8, 4) is 5.75 Å². The first-order valence-corrected chi connectivity index (χ1v) is 11.7. The number of nitrogens with one attached hydrogen (secondary N) is 1. The van der Waals surface area contributed by atoms with Gasteiger partial charge in [-0.3, -0.25) is 14.3 Å². The van der Waals surface area contributed by atoms with Crippen molar-refractivity contribution in [2.75, 3.05) is 6.54 Å². The molecule has 0 atom stereocenters. The van der Waals surface area contributed by atoms with Gasteiger partial charge in [0.05, 0.1) is 18.3 Å². The third kappa shape index (κ3) is 4.38. The highest BCUT2D eigenvalue weighted by molar-refractivity contribution is 5.92. The third-order valence-electron chi connectivity index (χ3n) is 7.11. The lowest BCUT2D eigenvalue weighted by molar-refractivity contribution is 0.0924. The van der Waals surface area contributed by atoms with Crippen LogP contribution in [-0.4, -0.2) is 36.9 Å². The molecule has 1 saturated carbocycles. The van der Waals surface area contributed by atoms with Gasteiger partial charge in [0.15, 0.2) is 11.4 Å². The molecule has 0 saturated heterocycles. The van der Waals surface area contributed by atoms with Crippen molar-refractivity contribution < 1.29 is 9.90 Å². The van der Waals surface area contributed by atoms with Crippen LogP contribution in [0, 0.1) is 12.3 Å². The number of pyridine rings is 1. The van der Waals surface area contributed by atoms with Crippen molar-refractivity contribution in [3.63, 3.8) is 0 Å². The molecule has 1 aliphatic carbocycles. The zero-order valence-electron chi connectivity index (χ0n) is 19.9. The minimum absolute atomic E-state index is 0.0975. The van der Waals surface area contributed by atoms with E-state index in [0.717, 1.165) is 48.7 Å². The molecule has 0 bridgehead atoms. The minimum Gasteiger partial charge on any atom is -0.503 e. The second kappa shape index (κ2) is 8.65. The zero-order valence-corrected chi connectivity index (χ0v) is 19.9. The van der Waals surface area contributed by atoms with Crippen molar-refractivity contribution >= 4 is 16.9 Å². The molecule has 176 valence electrons. The molecule has 0 aliphatic heterocycles. The first kappa shape index (κ1) is 23.0. The van der Waals surface area contributed by atoms with Gasteiger partial charge in [-0.15, -0.1) is 0 Å². The topological polar surface area (TPSA) is 102 Å². The van der Waals surface area contributed by atoms with E-state index < -0.39 is 17.1 Å². The van der Waals surface area contributed by atoms with Crippen LogP contribution in [0.25, 0.3) is 11.0 Å². The molecule has 0 aromatic carbocycles. The molecule has 3 aromatic rings. The Hall–Kier alpha value is -3.16.